The van der Waals surface area contributed by atoms with E-state index in [9.17, 15) is 14.0 Å². The summed E-state index contributed by atoms with van der Waals surface area (Å²) >= 11 is 6.07. The quantitative estimate of drug-likeness (QED) is 0.811. The molecule has 0 bridgehead atoms. The second kappa shape index (κ2) is 7.05. The van der Waals surface area contributed by atoms with Gasteiger partial charge in [0.1, 0.15) is 28.0 Å². The van der Waals surface area contributed by atoms with Gasteiger partial charge in [-0.15, -0.1) is 0 Å². The Kier molecular flexibility index (Phi) is 4.81. The molecule has 2 aromatic rings. The lowest BCUT2D eigenvalue weighted by molar-refractivity contribution is -0.120. The molecular weight excluding hydrogens is 363 g/mol. The van der Waals surface area contributed by atoms with Gasteiger partial charge in [-0.3, -0.25) is 9.59 Å². The zero-order chi connectivity index (χ0) is 18.8. The zero-order valence-corrected chi connectivity index (χ0v) is 14.6. The summed E-state index contributed by atoms with van der Waals surface area (Å²) in [5, 5.41) is 2.57. The monoisotopic (exact) mass is 376 g/mol. The first-order valence-electron chi connectivity index (χ1n) is 7.49. The molecule has 3 rings (SSSR count). The summed E-state index contributed by atoms with van der Waals surface area (Å²) < 4.78 is 23.5. The van der Waals surface area contributed by atoms with E-state index < -0.39 is 17.6 Å². The third-order valence-corrected chi connectivity index (χ3v) is 4.13. The number of imide groups is 1. The summed E-state index contributed by atoms with van der Waals surface area (Å²) in [6.07, 6.45) is 0. The van der Waals surface area contributed by atoms with Crippen LogP contribution in [-0.2, 0) is 9.59 Å². The Labute approximate surface area is 153 Å². The van der Waals surface area contributed by atoms with Crippen molar-refractivity contribution in [2.45, 2.75) is 0 Å². The van der Waals surface area contributed by atoms with Crippen molar-refractivity contribution < 1.29 is 23.5 Å². The number of carbonyl (C=O) groups excluding carboxylic acids is 2. The molecule has 1 aliphatic rings. The molecule has 0 spiro atoms. The van der Waals surface area contributed by atoms with E-state index in [2.05, 4.69) is 5.32 Å². The van der Waals surface area contributed by atoms with Crippen LogP contribution in [0.1, 0.15) is 0 Å². The van der Waals surface area contributed by atoms with Crippen LogP contribution in [0.4, 0.5) is 15.8 Å². The zero-order valence-electron chi connectivity index (χ0n) is 13.9. The van der Waals surface area contributed by atoms with Crippen molar-refractivity contribution in [2.75, 3.05) is 24.4 Å². The number of carbonyl (C=O) groups is 2. The van der Waals surface area contributed by atoms with E-state index in [-0.39, 0.29) is 16.4 Å². The van der Waals surface area contributed by atoms with Gasteiger partial charge in [0.15, 0.2) is 0 Å². The third kappa shape index (κ3) is 3.09. The fourth-order valence-corrected chi connectivity index (χ4v) is 2.69. The number of nitrogens with one attached hydrogen (secondary N) is 1. The number of nitrogens with zero attached hydrogens (tertiary/aromatic N) is 1. The predicted molar refractivity (Wildman–Crippen MR) is 94.9 cm³/mol. The molecule has 0 fully saturated rings. The summed E-state index contributed by atoms with van der Waals surface area (Å²) in [5.41, 5.74) is 0.561. The van der Waals surface area contributed by atoms with E-state index in [0.717, 1.165) is 17.0 Å². The first-order chi connectivity index (χ1) is 12.5. The topological polar surface area (TPSA) is 67.9 Å². The molecular formula is C18H14ClFN2O4. The molecule has 0 aliphatic carbocycles. The summed E-state index contributed by atoms with van der Waals surface area (Å²) in [5.74, 6) is -0.855. The lowest BCUT2D eigenvalue weighted by Gasteiger charge is -2.16. The fourth-order valence-electron chi connectivity index (χ4n) is 2.47. The van der Waals surface area contributed by atoms with E-state index in [0.29, 0.717) is 17.2 Å². The molecule has 6 nitrogen and oxygen atoms in total. The van der Waals surface area contributed by atoms with Crippen molar-refractivity contribution in [1.82, 2.24) is 0 Å². The number of methoxy groups -OCH3 is 2. The molecule has 2 aromatic carbocycles. The van der Waals surface area contributed by atoms with Gasteiger partial charge in [-0.1, -0.05) is 11.6 Å². The van der Waals surface area contributed by atoms with Gasteiger partial charge in [-0.2, -0.15) is 0 Å². The highest BCUT2D eigenvalue weighted by molar-refractivity contribution is 6.53. The molecule has 8 heteroatoms. The van der Waals surface area contributed by atoms with Crippen molar-refractivity contribution in [2.24, 2.45) is 0 Å². The van der Waals surface area contributed by atoms with Crippen LogP contribution in [0, 0.1) is 5.82 Å². The van der Waals surface area contributed by atoms with Gasteiger partial charge >= 0.3 is 0 Å². The van der Waals surface area contributed by atoms with Crippen LogP contribution in [0.25, 0.3) is 0 Å². The molecule has 0 saturated carbocycles. The van der Waals surface area contributed by atoms with Crippen LogP contribution >= 0.6 is 11.6 Å². The van der Waals surface area contributed by atoms with E-state index in [1.165, 1.54) is 26.4 Å². The van der Waals surface area contributed by atoms with Gasteiger partial charge in [-0.05, 0) is 36.4 Å². The van der Waals surface area contributed by atoms with Crippen LogP contribution in [0.5, 0.6) is 11.5 Å². The molecule has 0 radical (unpaired) electrons. The maximum Gasteiger partial charge on any atom is 0.283 e. The minimum atomic E-state index is -0.696. The smallest absolute Gasteiger partial charge is 0.283 e. The van der Waals surface area contributed by atoms with Crippen LogP contribution in [0.2, 0.25) is 0 Å². The molecule has 1 heterocycles. The van der Waals surface area contributed by atoms with E-state index >= 15 is 0 Å². The van der Waals surface area contributed by atoms with Gasteiger partial charge < -0.3 is 14.8 Å². The molecule has 0 aromatic heterocycles. The van der Waals surface area contributed by atoms with Crippen LogP contribution in [0.15, 0.2) is 53.2 Å². The highest BCUT2D eigenvalue weighted by Crippen LogP contribution is 2.34. The molecule has 134 valence electrons. The normalized spacial score (nSPS) is 14.1. The van der Waals surface area contributed by atoms with E-state index in [1.807, 2.05) is 0 Å². The average molecular weight is 377 g/mol. The Morgan fingerprint density at radius 2 is 1.69 bits per heavy atom. The number of hydrogen-bond acceptors (Lipinski definition) is 5. The Bertz CT molecular complexity index is 912. The molecule has 0 saturated heterocycles. The second-order valence-corrected chi connectivity index (χ2v) is 5.68. The van der Waals surface area contributed by atoms with E-state index in [4.69, 9.17) is 21.1 Å². The highest BCUT2D eigenvalue weighted by atomic mass is 35.5. The first-order valence-corrected chi connectivity index (χ1v) is 7.87. The van der Waals surface area contributed by atoms with Crippen molar-refractivity contribution >= 4 is 34.8 Å². The number of amides is 2. The number of benzene rings is 2. The maximum atomic E-state index is 13.1. The number of anilines is 2. The minimum absolute atomic E-state index is 0.0931. The van der Waals surface area contributed by atoms with Crippen molar-refractivity contribution in [3.63, 3.8) is 0 Å². The van der Waals surface area contributed by atoms with Gasteiger partial charge in [0.2, 0.25) is 0 Å². The molecule has 0 unspecified atom stereocenters. The first kappa shape index (κ1) is 17.8. The second-order valence-electron chi connectivity index (χ2n) is 5.30. The molecule has 0 atom stereocenters. The Morgan fingerprint density at radius 3 is 2.31 bits per heavy atom. The standard InChI is InChI=1S/C18H14ClFN2O4/c1-25-12-7-8-13(14(9-12)26-2)21-16-15(19)17(23)22(18(16)24)11-5-3-10(20)4-6-11/h3-9,21H,1-2H3. The van der Waals surface area contributed by atoms with Gasteiger partial charge in [0, 0.05) is 6.07 Å². The lowest BCUT2D eigenvalue weighted by Crippen LogP contribution is -2.32. The van der Waals surface area contributed by atoms with Crippen molar-refractivity contribution in [3.05, 3.63) is 59.0 Å². The molecule has 2 amide bonds. The lowest BCUT2D eigenvalue weighted by atomic mass is 10.2. The Hall–Kier alpha value is -3.06. The minimum Gasteiger partial charge on any atom is -0.497 e. The molecule has 1 aliphatic heterocycles. The van der Waals surface area contributed by atoms with Gasteiger partial charge in [0.25, 0.3) is 11.8 Å². The summed E-state index contributed by atoms with van der Waals surface area (Å²) in [6.45, 7) is 0. The van der Waals surface area contributed by atoms with Crippen LogP contribution < -0.4 is 19.7 Å². The summed E-state index contributed by atoms with van der Waals surface area (Å²) in [4.78, 5) is 25.9. The number of halogens is 2. The highest BCUT2D eigenvalue weighted by Gasteiger charge is 2.39. The SMILES string of the molecule is COc1ccc(NC2=C(Cl)C(=O)N(c3ccc(F)cc3)C2=O)c(OC)c1. The van der Waals surface area contributed by atoms with Crippen LogP contribution in [0.3, 0.4) is 0 Å². The van der Waals surface area contributed by atoms with Gasteiger partial charge in [0.05, 0.1) is 25.6 Å². The maximum absolute atomic E-state index is 13.1. The Balaban J connectivity index is 1.92. The summed E-state index contributed by atoms with van der Waals surface area (Å²) in [6, 6.07) is 9.88. The predicted octanol–water partition coefficient (Wildman–Crippen LogP) is 3.28. The van der Waals surface area contributed by atoms with E-state index in [1.54, 1.807) is 18.2 Å². The third-order valence-electron chi connectivity index (χ3n) is 3.78. The van der Waals surface area contributed by atoms with Crippen molar-refractivity contribution in [1.29, 1.82) is 0 Å². The number of hydrogen-bond donors (Lipinski definition) is 1. The van der Waals surface area contributed by atoms with Crippen molar-refractivity contribution in [3.8, 4) is 11.5 Å². The van der Waals surface area contributed by atoms with Crippen LogP contribution in [-0.4, -0.2) is 26.0 Å². The average Bonchev–Trinajstić information content (AvgIpc) is 2.86. The molecule has 1 N–H and O–H groups in total. The Morgan fingerprint density at radius 1 is 1.00 bits per heavy atom. The largest absolute Gasteiger partial charge is 0.497 e. The molecule has 26 heavy (non-hydrogen) atoms. The summed E-state index contributed by atoms with van der Waals surface area (Å²) in [7, 11) is 2.98. The fraction of sp³-hybridized carbons (Fsp3) is 0.111. The number of ether oxygens (including phenoxy) is 2. The number of rotatable bonds is 5. The van der Waals surface area contributed by atoms with Gasteiger partial charge in [-0.25, -0.2) is 9.29 Å².